The summed E-state index contributed by atoms with van der Waals surface area (Å²) in [6.07, 6.45) is 4.55. The summed E-state index contributed by atoms with van der Waals surface area (Å²) in [4.78, 5) is 41.0. The average molecular weight is 549 g/mol. The lowest BCUT2D eigenvalue weighted by Gasteiger charge is -2.27. The van der Waals surface area contributed by atoms with Gasteiger partial charge in [-0.25, -0.2) is 0 Å². The molecule has 0 radical (unpaired) electrons. The van der Waals surface area contributed by atoms with Crippen molar-refractivity contribution in [3.8, 4) is 11.5 Å². The number of likely N-dealkylation sites (tertiary alicyclic amines) is 1. The highest BCUT2D eigenvalue weighted by Gasteiger charge is 2.37. The maximum atomic E-state index is 12.9. The molecular weight excluding hydrogens is 523 g/mol. The number of amides is 3. The predicted octanol–water partition coefficient (Wildman–Crippen LogP) is 6.02. The zero-order valence-corrected chi connectivity index (χ0v) is 22.1. The molecule has 0 spiro atoms. The summed E-state index contributed by atoms with van der Waals surface area (Å²) in [5.41, 5.74) is 1.49. The van der Waals surface area contributed by atoms with Crippen LogP contribution in [-0.2, 0) is 16.2 Å². The fourth-order valence-electron chi connectivity index (χ4n) is 3.98. The average Bonchev–Trinajstić information content (AvgIpc) is 3.12. The predicted molar refractivity (Wildman–Crippen MR) is 142 cm³/mol. The fraction of sp³-hybridized carbons (Fsp3) is 0.346. The normalized spacial score (nSPS) is 17.1. The molecule has 7 nitrogen and oxygen atoms in total. The van der Waals surface area contributed by atoms with Crippen molar-refractivity contribution in [3.63, 3.8) is 0 Å². The summed E-state index contributed by atoms with van der Waals surface area (Å²) in [7, 11) is 0. The number of hydrogen-bond donors (Lipinski definition) is 0. The van der Waals surface area contributed by atoms with Crippen LogP contribution < -0.4 is 9.47 Å². The largest absolute Gasteiger partial charge is 0.490 e. The molecule has 0 unspecified atom stereocenters. The number of halogens is 2. The van der Waals surface area contributed by atoms with E-state index in [0.717, 1.165) is 41.5 Å². The molecule has 2 aliphatic heterocycles. The molecular formula is C26H26Cl2N2O5S. The zero-order valence-electron chi connectivity index (χ0n) is 19.8. The lowest BCUT2D eigenvalue weighted by atomic mass is 10.1. The minimum absolute atomic E-state index is 0.206. The lowest BCUT2D eigenvalue weighted by molar-refractivity contribution is -0.136. The second-order valence-corrected chi connectivity index (χ2v) is 10.2. The Morgan fingerprint density at radius 2 is 1.78 bits per heavy atom. The van der Waals surface area contributed by atoms with Gasteiger partial charge in [0, 0.05) is 18.1 Å². The Morgan fingerprint density at radius 3 is 2.47 bits per heavy atom. The van der Waals surface area contributed by atoms with Gasteiger partial charge in [-0.15, -0.1) is 0 Å². The van der Waals surface area contributed by atoms with Crippen LogP contribution in [0.3, 0.4) is 0 Å². The molecule has 0 aromatic heterocycles. The quantitative estimate of drug-likeness (QED) is 0.375. The van der Waals surface area contributed by atoms with Gasteiger partial charge in [-0.1, -0.05) is 35.3 Å². The maximum absolute atomic E-state index is 12.9. The number of nitrogens with zero attached hydrogens (tertiary/aromatic N) is 2. The van der Waals surface area contributed by atoms with Crippen molar-refractivity contribution in [2.75, 3.05) is 26.2 Å². The monoisotopic (exact) mass is 548 g/mol. The van der Waals surface area contributed by atoms with Gasteiger partial charge in [0.25, 0.3) is 11.1 Å². The number of benzene rings is 2. The Kier molecular flexibility index (Phi) is 8.82. The molecule has 0 saturated carbocycles. The Bertz CT molecular complexity index is 1180. The van der Waals surface area contributed by atoms with Crippen LogP contribution in [0.2, 0.25) is 10.0 Å². The van der Waals surface area contributed by atoms with Crippen molar-refractivity contribution < 1.29 is 23.9 Å². The number of imide groups is 1. The molecule has 190 valence electrons. The van der Waals surface area contributed by atoms with E-state index in [1.54, 1.807) is 35.2 Å². The Morgan fingerprint density at radius 1 is 1.06 bits per heavy atom. The van der Waals surface area contributed by atoms with Gasteiger partial charge in [0.1, 0.15) is 13.2 Å². The molecule has 0 aliphatic carbocycles. The molecule has 2 aromatic rings. The minimum atomic E-state index is -0.493. The molecule has 2 saturated heterocycles. The van der Waals surface area contributed by atoms with Gasteiger partial charge in [-0.3, -0.25) is 19.3 Å². The van der Waals surface area contributed by atoms with Gasteiger partial charge in [0.2, 0.25) is 5.91 Å². The van der Waals surface area contributed by atoms with E-state index in [-0.39, 0.29) is 24.0 Å². The number of carbonyl (C=O) groups excluding carboxylic acids is 3. The standard InChI is InChI=1S/C26H26Cl2N2O5S/c1-2-34-21-13-18(12-20(28)24(21)35-16-17-6-8-19(27)9-7-17)14-22-25(32)30(26(33)36-22)15-23(31)29-10-4-3-5-11-29/h6-9,12-14H,2-5,10-11,15-16H2,1H3/b22-14+. The smallest absolute Gasteiger partial charge is 0.294 e. The molecule has 0 bridgehead atoms. The molecule has 2 aliphatic rings. The third kappa shape index (κ3) is 6.35. The number of thioether (sulfide) groups is 1. The lowest BCUT2D eigenvalue weighted by Crippen LogP contribution is -2.44. The van der Waals surface area contributed by atoms with E-state index in [4.69, 9.17) is 32.7 Å². The van der Waals surface area contributed by atoms with Crippen molar-refractivity contribution in [2.45, 2.75) is 32.8 Å². The van der Waals surface area contributed by atoms with E-state index in [1.165, 1.54) is 0 Å². The molecule has 4 rings (SSSR count). The molecule has 2 fully saturated rings. The Balaban J connectivity index is 1.50. The summed E-state index contributed by atoms with van der Waals surface area (Å²) in [6, 6.07) is 10.6. The zero-order chi connectivity index (χ0) is 25.7. The molecule has 0 atom stereocenters. The summed E-state index contributed by atoms with van der Waals surface area (Å²) in [6.45, 7) is 3.57. The van der Waals surface area contributed by atoms with E-state index >= 15 is 0 Å². The maximum Gasteiger partial charge on any atom is 0.294 e. The van der Waals surface area contributed by atoms with E-state index in [0.29, 0.717) is 46.8 Å². The first kappa shape index (κ1) is 26.4. The van der Waals surface area contributed by atoms with Gasteiger partial charge in [0.15, 0.2) is 11.5 Å². The van der Waals surface area contributed by atoms with Crippen LogP contribution >= 0.6 is 35.0 Å². The first-order chi connectivity index (χ1) is 17.4. The van der Waals surface area contributed by atoms with Gasteiger partial charge in [-0.05, 0) is 79.4 Å². The summed E-state index contributed by atoms with van der Waals surface area (Å²) in [5, 5.41) is 0.479. The molecule has 36 heavy (non-hydrogen) atoms. The molecule has 10 heteroatoms. The van der Waals surface area contributed by atoms with Crippen molar-refractivity contribution in [1.29, 1.82) is 0 Å². The molecule has 2 aromatic carbocycles. The van der Waals surface area contributed by atoms with Gasteiger partial charge in [0.05, 0.1) is 16.5 Å². The van der Waals surface area contributed by atoms with Crippen LogP contribution in [0.15, 0.2) is 41.3 Å². The van der Waals surface area contributed by atoms with Crippen LogP contribution in [-0.4, -0.2) is 53.1 Å². The number of carbonyl (C=O) groups is 3. The van der Waals surface area contributed by atoms with Crippen molar-refractivity contribution in [1.82, 2.24) is 9.80 Å². The number of ether oxygens (including phenoxy) is 2. The molecule has 2 heterocycles. The first-order valence-electron chi connectivity index (χ1n) is 11.7. The molecule has 3 amide bonds. The van der Waals surface area contributed by atoms with Gasteiger partial charge < -0.3 is 14.4 Å². The van der Waals surface area contributed by atoms with Crippen LogP contribution in [0.1, 0.15) is 37.3 Å². The third-order valence-corrected chi connectivity index (χ3v) is 7.24. The van der Waals surface area contributed by atoms with E-state index in [9.17, 15) is 14.4 Å². The highest BCUT2D eigenvalue weighted by atomic mass is 35.5. The second kappa shape index (κ2) is 12.0. The van der Waals surface area contributed by atoms with E-state index in [2.05, 4.69) is 0 Å². The number of rotatable bonds is 8. The molecule has 0 N–H and O–H groups in total. The van der Waals surface area contributed by atoms with Gasteiger partial charge >= 0.3 is 0 Å². The summed E-state index contributed by atoms with van der Waals surface area (Å²) >= 11 is 13.3. The van der Waals surface area contributed by atoms with E-state index in [1.807, 2.05) is 19.1 Å². The van der Waals surface area contributed by atoms with Crippen molar-refractivity contribution in [2.24, 2.45) is 0 Å². The van der Waals surface area contributed by atoms with Crippen LogP contribution in [0.4, 0.5) is 4.79 Å². The van der Waals surface area contributed by atoms with Gasteiger partial charge in [-0.2, -0.15) is 0 Å². The fourth-order valence-corrected chi connectivity index (χ4v) is 5.21. The van der Waals surface area contributed by atoms with Crippen LogP contribution in [0, 0.1) is 0 Å². The number of hydrogen-bond acceptors (Lipinski definition) is 6. The minimum Gasteiger partial charge on any atom is -0.490 e. The van der Waals surface area contributed by atoms with Crippen LogP contribution in [0.5, 0.6) is 11.5 Å². The SMILES string of the molecule is CCOc1cc(/C=C2/SC(=O)N(CC(=O)N3CCCCC3)C2=O)cc(Cl)c1OCc1ccc(Cl)cc1. The third-order valence-electron chi connectivity index (χ3n) is 5.80. The summed E-state index contributed by atoms with van der Waals surface area (Å²) < 4.78 is 11.7. The van der Waals surface area contributed by atoms with Crippen LogP contribution in [0.25, 0.3) is 6.08 Å². The topological polar surface area (TPSA) is 76.2 Å². The van der Waals surface area contributed by atoms with Crippen molar-refractivity contribution >= 4 is 58.1 Å². The Hall–Kier alpha value is -2.68. The first-order valence-corrected chi connectivity index (χ1v) is 13.3. The number of piperidine rings is 1. The van der Waals surface area contributed by atoms with E-state index < -0.39 is 11.1 Å². The Labute approximate surface area is 224 Å². The van der Waals surface area contributed by atoms with Crippen molar-refractivity contribution in [3.05, 3.63) is 62.5 Å². The highest BCUT2D eigenvalue weighted by molar-refractivity contribution is 8.18. The highest BCUT2D eigenvalue weighted by Crippen LogP contribution is 2.39. The second-order valence-electron chi connectivity index (χ2n) is 8.39. The summed E-state index contributed by atoms with van der Waals surface area (Å²) in [5.74, 6) is 0.102.